The van der Waals surface area contributed by atoms with Gasteiger partial charge in [0, 0.05) is 63.2 Å². The monoisotopic (exact) mass is 355 g/mol. The van der Waals surface area contributed by atoms with Gasteiger partial charge in [-0.25, -0.2) is 9.97 Å². The normalized spacial score (nSPS) is 14.8. The van der Waals surface area contributed by atoms with Crippen LogP contribution in [0.15, 0.2) is 29.2 Å². The summed E-state index contributed by atoms with van der Waals surface area (Å²) < 4.78 is 1.43. The zero-order chi connectivity index (χ0) is 18.8. The molecule has 1 aliphatic heterocycles. The maximum atomic E-state index is 12.7. The molecule has 1 aliphatic rings. The highest BCUT2D eigenvalue weighted by Gasteiger charge is 2.24. The van der Waals surface area contributed by atoms with Crippen LogP contribution in [0.25, 0.3) is 0 Å². The second-order valence-electron chi connectivity index (χ2n) is 7.03. The number of pyridine rings is 1. The summed E-state index contributed by atoms with van der Waals surface area (Å²) in [4.78, 5) is 37.4. The van der Waals surface area contributed by atoms with Crippen molar-refractivity contribution >= 4 is 11.7 Å². The van der Waals surface area contributed by atoms with Gasteiger partial charge >= 0.3 is 0 Å². The van der Waals surface area contributed by atoms with Crippen LogP contribution in [-0.2, 0) is 7.05 Å². The van der Waals surface area contributed by atoms with Gasteiger partial charge in [-0.3, -0.25) is 9.59 Å². The maximum Gasteiger partial charge on any atom is 0.255 e. The summed E-state index contributed by atoms with van der Waals surface area (Å²) in [6, 6.07) is 5.02. The quantitative estimate of drug-likeness (QED) is 0.836. The summed E-state index contributed by atoms with van der Waals surface area (Å²) in [5.74, 6) is 2.02. The van der Waals surface area contributed by atoms with Gasteiger partial charge in [0.05, 0.1) is 5.56 Å². The highest BCUT2D eigenvalue weighted by atomic mass is 16.2. The standard InChI is InChI=1S/C19H25N5O2/c1-13(2)18-20-14(3)11-16(21-18)23-7-9-24(10-8-23)19(26)15-5-6-17(25)22(4)12-15/h5-6,11-13H,7-10H2,1-4H3. The fraction of sp³-hybridized carbons (Fsp3) is 0.474. The minimum Gasteiger partial charge on any atom is -0.353 e. The molecular formula is C19H25N5O2. The number of amides is 1. The van der Waals surface area contributed by atoms with Crippen molar-refractivity contribution in [3.63, 3.8) is 0 Å². The summed E-state index contributed by atoms with van der Waals surface area (Å²) in [6.07, 6.45) is 1.60. The van der Waals surface area contributed by atoms with Gasteiger partial charge in [-0.05, 0) is 13.0 Å². The summed E-state index contributed by atoms with van der Waals surface area (Å²) >= 11 is 0. The summed E-state index contributed by atoms with van der Waals surface area (Å²) in [5, 5.41) is 0. The highest BCUT2D eigenvalue weighted by molar-refractivity contribution is 5.94. The lowest BCUT2D eigenvalue weighted by Gasteiger charge is -2.35. The molecule has 3 rings (SSSR count). The Bertz CT molecular complexity index is 866. The molecule has 0 atom stereocenters. The number of nitrogens with zero attached hydrogens (tertiary/aromatic N) is 5. The second-order valence-corrected chi connectivity index (χ2v) is 7.03. The van der Waals surface area contributed by atoms with Crippen LogP contribution in [0.4, 0.5) is 5.82 Å². The number of hydrogen-bond acceptors (Lipinski definition) is 5. The zero-order valence-electron chi connectivity index (χ0n) is 15.8. The van der Waals surface area contributed by atoms with E-state index in [1.54, 1.807) is 19.3 Å². The molecule has 0 unspecified atom stereocenters. The van der Waals surface area contributed by atoms with Gasteiger partial charge in [0.2, 0.25) is 5.56 Å². The van der Waals surface area contributed by atoms with Gasteiger partial charge in [-0.1, -0.05) is 13.8 Å². The molecule has 26 heavy (non-hydrogen) atoms. The first-order chi connectivity index (χ1) is 12.3. The lowest BCUT2D eigenvalue weighted by molar-refractivity contribution is 0.0745. The van der Waals surface area contributed by atoms with Crippen LogP contribution < -0.4 is 10.5 Å². The van der Waals surface area contributed by atoms with Gasteiger partial charge in [0.15, 0.2) is 0 Å². The predicted octanol–water partition coefficient (Wildman–Crippen LogP) is 1.57. The van der Waals surface area contributed by atoms with Crippen LogP contribution in [0, 0.1) is 6.92 Å². The Hall–Kier alpha value is -2.70. The molecular weight excluding hydrogens is 330 g/mol. The highest BCUT2D eigenvalue weighted by Crippen LogP contribution is 2.19. The molecule has 0 aromatic carbocycles. The van der Waals surface area contributed by atoms with Gasteiger partial charge in [0.25, 0.3) is 5.91 Å². The van der Waals surface area contributed by atoms with E-state index in [0.29, 0.717) is 18.7 Å². The Morgan fingerprint density at radius 3 is 2.42 bits per heavy atom. The van der Waals surface area contributed by atoms with Crippen molar-refractivity contribution in [1.29, 1.82) is 0 Å². The van der Waals surface area contributed by atoms with E-state index >= 15 is 0 Å². The molecule has 0 bridgehead atoms. The number of piperazine rings is 1. The van der Waals surface area contributed by atoms with E-state index < -0.39 is 0 Å². The van der Waals surface area contributed by atoms with Gasteiger partial charge in [0.1, 0.15) is 11.6 Å². The minimum absolute atomic E-state index is 0.0398. The molecule has 0 saturated carbocycles. The topological polar surface area (TPSA) is 71.3 Å². The third-order valence-electron chi connectivity index (χ3n) is 4.60. The van der Waals surface area contributed by atoms with Crippen LogP contribution in [0.5, 0.6) is 0 Å². The van der Waals surface area contributed by atoms with Crippen molar-refractivity contribution in [2.24, 2.45) is 7.05 Å². The van der Waals surface area contributed by atoms with Gasteiger partial charge < -0.3 is 14.4 Å². The molecule has 3 heterocycles. The average Bonchev–Trinajstić information content (AvgIpc) is 2.63. The van der Waals surface area contributed by atoms with Gasteiger partial charge in [-0.15, -0.1) is 0 Å². The lowest BCUT2D eigenvalue weighted by Crippen LogP contribution is -2.49. The molecule has 0 aliphatic carbocycles. The number of aromatic nitrogens is 3. The zero-order valence-corrected chi connectivity index (χ0v) is 15.8. The van der Waals surface area contributed by atoms with Crippen LogP contribution in [0.2, 0.25) is 0 Å². The largest absolute Gasteiger partial charge is 0.353 e. The minimum atomic E-state index is -0.119. The van der Waals surface area contributed by atoms with E-state index in [0.717, 1.165) is 30.4 Å². The van der Waals surface area contributed by atoms with Crippen molar-refractivity contribution in [1.82, 2.24) is 19.4 Å². The molecule has 138 valence electrons. The third-order valence-corrected chi connectivity index (χ3v) is 4.60. The molecule has 0 radical (unpaired) electrons. The number of hydrogen-bond donors (Lipinski definition) is 0. The van der Waals surface area contributed by atoms with Gasteiger partial charge in [-0.2, -0.15) is 0 Å². The third kappa shape index (κ3) is 3.76. The predicted molar refractivity (Wildman–Crippen MR) is 101 cm³/mol. The van der Waals surface area contributed by atoms with Crippen LogP contribution >= 0.6 is 0 Å². The fourth-order valence-corrected chi connectivity index (χ4v) is 3.04. The molecule has 7 heteroatoms. The first-order valence-electron chi connectivity index (χ1n) is 8.91. The Morgan fingerprint density at radius 2 is 1.81 bits per heavy atom. The van der Waals surface area contributed by atoms with Crippen molar-refractivity contribution in [3.05, 3.63) is 51.8 Å². The molecule has 2 aromatic rings. The summed E-state index contributed by atoms with van der Waals surface area (Å²) in [5.41, 5.74) is 1.38. The second kappa shape index (κ2) is 7.27. The Morgan fingerprint density at radius 1 is 1.12 bits per heavy atom. The average molecular weight is 355 g/mol. The molecule has 2 aromatic heterocycles. The number of aryl methyl sites for hydroxylation is 2. The molecule has 7 nitrogen and oxygen atoms in total. The number of anilines is 1. The van der Waals surface area contributed by atoms with Crippen molar-refractivity contribution < 1.29 is 4.79 Å². The molecule has 1 fully saturated rings. The SMILES string of the molecule is Cc1cc(N2CCN(C(=O)c3ccc(=O)n(C)c3)CC2)nc(C(C)C)n1. The van der Waals surface area contributed by atoms with E-state index in [1.165, 1.54) is 10.6 Å². The first kappa shape index (κ1) is 18.1. The number of carbonyl (C=O) groups is 1. The first-order valence-corrected chi connectivity index (χ1v) is 8.91. The van der Waals surface area contributed by atoms with Crippen molar-refractivity contribution in [3.8, 4) is 0 Å². The summed E-state index contributed by atoms with van der Waals surface area (Å²) in [7, 11) is 1.65. The molecule has 1 amide bonds. The maximum absolute atomic E-state index is 12.7. The molecule has 0 N–H and O–H groups in total. The molecule has 0 spiro atoms. The Kier molecular flexibility index (Phi) is 5.06. The van der Waals surface area contributed by atoms with E-state index in [1.807, 2.05) is 17.9 Å². The van der Waals surface area contributed by atoms with Crippen molar-refractivity contribution in [2.45, 2.75) is 26.7 Å². The van der Waals surface area contributed by atoms with E-state index in [2.05, 4.69) is 28.7 Å². The van der Waals surface area contributed by atoms with Crippen LogP contribution in [0.3, 0.4) is 0 Å². The number of rotatable bonds is 3. The number of carbonyl (C=O) groups excluding carboxylic acids is 1. The Balaban J connectivity index is 1.70. The van der Waals surface area contributed by atoms with Crippen LogP contribution in [0.1, 0.15) is 41.6 Å². The van der Waals surface area contributed by atoms with E-state index in [9.17, 15) is 9.59 Å². The summed E-state index contributed by atoms with van der Waals surface area (Å²) in [6.45, 7) is 8.86. The molecule has 1 saturated heterocycles. The Labute approximate surface area is 153 Å². The lowest BCUT2D eigenvalue weighted by atomic mass is 10.2. The smallest absolute Gasteiger partial charge is 0.255 e. The van der Waals surface area contributed by atoms with Crippen LogP contribution in [-0.4, -0.2) is 51.5 Å². The van der Waals surface area contributed by atoms with E-state index in [-0.39, 0.29) is 17.4 Å². The van der Waals surface area contributed by atoms with Crippen molar-refractivity contribution in [2.75, 3.05) is 31.1 Å². The fourth-order valence-electron chi connectivity index (χ4n) is 3.04. The van der Waals surface area contributed by atoms with E-state index in [4.69, 9.17) is 0 Å².